The predicted molar refractivity (Wildman–Crippen MR) is 115 cm³/mol. The van der Waals surface area contributed by atoms with Crippen molar-refractivity contribution in [3.63, 3.8) is 0 Å². The van der Waals surface area contributed by atoms with Crippen LogP contribution in [0, 0.1) is 11.6 Å². The van der Waals surface area contributed by atoms with Crippen molar-refractivity contribution in [3.8, 4) is 0 Å². The molecule has 0 aliphatic carbocycles. The Labute approximate surface area is 178 Å². The average molecular weight is 427 g/mol. The van der Waals surface area contributed by atoms with Crippen LogP contribution in [0.2, 0.25) is 0 Å². The number of halogens is 2. The van der Waals surface area contributed by atoms with Crippen LogP contribution in [0.25, 0.3) is 0 Å². The van der Waals surface area contributed by atoms with E-state index in [0.717, 1.165) is 6.07 Å². The van der Waals surface area contributed by atoms with Crippen molar-refractivity contribution < 1.29 is 18.7 Å². The monoisotopic (exact) mass is 427 g/mol. The first-order chi connectivity index (χ1) is 14.7. The molecule has 7 nitrogen and oxygen atoms in total. The third kappa shape index (κ3) is 5.32. The van der Waals surface area contributed by atoms with E-state index in [9.17, 15) is 18.7 Å². The minimum atomic E-state index is -1.16. The largest absolute Gasteiger partial charge is 0.388 e. The molecule has 0 saturated carbocycles. The van der Waals surface area contributed by atoms with Crippen LogP contribution in [-0.2, 0) is 0 Å². The lowest BCUT2D eigenvalue weighted by molar-refractivity contribution is 0.0646. The van der Waals surface area contributed by atoms with Gasteiger partial charge in [0.1, 0.15) is 5.82 Å². The van der Waals surface area contributed by atoms with E-state index in [4.69, 9.17) is 0 Å². The van der Waals surface area contributed by atoms with Gasteiger partial charge < -0.3 is 15.7 Å². The summed E-state index contributed by atoms with van der Waals surface area (Å²) in [6, 6.07) is 12.5. The van der Waals surface area contributed by atoms with Crippen LogP contribution >= 0.6 is 0 Å². The Hall–Kier alpha value is -3.59. The summed E-state index contributed by atoms with van der Waals surface area (Å²) in [5, 5.41) is 15.5. The van der Waals surface area contributed by atoms with Gasteiger partial charge in [0.25, 0.3) is 0 Å². The van der Waals surface area contributed by atoms with Crippen molar-refractivity contribution in [2.24, 2.45) is 0 Å². The first-order valence-electron chi connectivity index (χ1n) is 9.59. The summed E-state index contributed by atoms with van der Waals surface area (Å²) in [6.07, 6.45) is 1.45. The zero-order valence-corrected chi connectivity index (χ0v) is 17.3. The molecule has 1 heterocycles. The van der Waals surface area contributed by atoms with Crippen molar-refractivity contribution >= 4 is 29.2 Å². The average Bonchev–Trinajstić information content (AvgIpc) is 2.72. The standard InChI is InChI=1S/C22H23F2N5O2/c1-14(22(2,3)31)26-20-25-13-12-18(28-20)29(15-8-5-4-6-9-15)21(30)27-17-11-7-10-16(23)19(17)24/h4-14,31H,1-3H3,(H,27,30)(H,25,26,28). The van der Waals surface area contributed by atoms with Crippen LogP contribution in [0.15, 0.2) is 60.8 Å². The molecule has 0 saturated heterocycles. The molecule has 2 aromatic carbocycles. The van der Waals surface area contributed by atoms with Crippen molar-refractivity contribution in [1.29, 1.82) is 0 Å². The molecule has 1 unspecified atom stereocenters. The Morgan fingerprint density at radius 2 is 1.81 bits per heavy atom. The summed E-state index contributed by atoms with van der Waals surface area (Å²) >= 11 is 0. The molecule has 162 valence electrons. The third-order valence-electron chi connectivity index (χ3n) is 4.69. The van der Waals surface area contributed by atoms with E-state index in [1.54, 1.807) is 51.1 Å². The van der Waals surface area contributed by atoms with Gasteiger partial charge in [-0.15, -0.1) is 0 Å². The summed E-state index contributed by atoms with van der Waals surface area (Å²) in [6.45, 7) is 5.06. The quantitative estimate of drug-likeness (QED) is 0.531. The molecule has 31 heavy (non-hydrogen) atoms. The van der Waals surface area contributed by atoms with Crippen LogP contribution in [-0.4, -0.2) is 32.7 Å². The number of aliphatic hydroxyl groups is 1. The first-order valence-corrected chi connectivity index (χ1v) is 9.59. The van der Waals surface area contributed by atoms with Crippen LogP contribution < -0.4 is 15.5 Å². The SMILES string of the molecule is CC(Nc1nccc(N(C(=O)Nc2cccc(F)c2F)c2ccccc2)n1)C(C)(C)O. The Morgan fingerprint density at radius 3 is 2.48 bits per heavy atom. The summed E-state index contributed by atoms with van der Waals surface area (Å²) in [7, 11) is 0. The van der Waals surface area contributed by atoms with E-state index in [1.807, 2.05) is 0 Å². The summed E-state index contributed by atoms with van der Waals surface area (Å²) < 4.78 is 27.6. The van der Waals surface area contributed by atoms with E-state index in [2.05, 4.69) is 20.6 Å². The number of hydrogen-bond acceptors (Lipinski definition) is 5. The third-order valence-corrected chi connectivity index (χ3v) is 4.69. The van der Waals surface area contributed by atoms with Crippen LogP contribution in [0.4, 0.5) is 36.7 Å². The molecular weight excluding hydrogens is 404 g/mol. The summed E-state index contributed by atoms with van der Waals surface area (Å²) in [5.41, 5.74) is -0.879. The van der Waals surface area contributed by atoms with Gasteiger partial charge in [-0.05, 0) is 45.0 Å². The normalized spacial score (nSPS) is 12.2. The second-order valence-corrected chi connectivity index (χ2v) is 7.46. The highest BCUT2D eigenvalue weighted by molar-refractivity contribution is 6.06. The van der Waals surface area contributed by atoms with Crippen molar-refractivity contribution in [1.82, 2.24) is 9.97 Å². The van der Waals surface area contributed by atoms with E-state index in [0.29, 0.717) is 5.69 Å². The van der Waals surface area contributed by atoms with Gasteiger partial charge in [0.15, 0.2) is 11.6 Å². The summed E-state index contributed by atoms with van der Waals surface area (Å²) in [5.74, 6) is -1.84. The van der Waals surface area contributed by atoms with Crippen LogP contribution in [0.3, 0.4) is 0 Å². The number of nitrogens with one attached hydrogen (secondary N) is 2. The highest BCUT2D eigenvalue weighted by atomic mass is 19.2. The molecule has 1 aromatic heterocycles. The Kier molecular flexibility index (Phi) is 6.45. The molecule has 0 spiro atoms. The molecule has 2 amide bonds. The maximum atomic E-state index is 14.1. The zero-order chi connectivity index (χ0) is 22.6. The molecule has 0 radical (unpaired) electrons. The fourth-order valence-electron chi connectivity index (χ4n) is 2.62. The number of rotatable bonds is 6. The Balaban J connectivity index is 1.96. The number of benzene rings is 2. The van der Waals surface area contributed by atoms with E-state index < -0.39 is 23.3 Å². The molecule has 3 rings (SSSR count). The van der Waals surface area contributed by atoms with Gasteiger partial charge in [0, 0.05) is 12.3 Å². The van der Waals surface area contributed by atoms with E-state index >= 15 is 0 Å². The highest BCUT2D eigenvalue weighted by Gasteiger charge is 2.25. The van der Waals surface area contributed by atoms with Gasteiger partial charge in [-0.2, -0.15) is 4.98 Å². The molecule has 9 heteroatoms. The fourth-order valence-corrected chi connectivity index (χ4v) is 2.62. The minimum absolute atomic E-state index is 0.192. The maximum absolute atomic E-state index is 14.1. The maximum Gasteiger partial charge on any atom is 0.332 e. The number of anilines is 4. The second-order valence-electron chi connectivity index (χ2n) is 7.46. The number of para-hydroxylation sites is 1. The number of carbonyl (C=O) groups excluding carboxylic acids is 1. The van der Waals surface area contributed by atoms with Gasteiger partial charge in [0.2, 0.25) is 5.95 Å². The number of hydrogen-bond donors (Lipinski definition) is 3. The van der Waals surface area contributed by atoms with Gasteiger partial charge in [-0.3, -0.25) is 0 Å². The van der Waals surface area contributed by atoms with Gasteiger partial charge in [-0.1, -0.05) is 24.3 Å². The Bertz CT molecular complexity index is 1060. The van der Waals surface area contributed by atoms with Crippen molar-refractivity contribution in [3.05, 3.63) is 72.4 Å². The molecular formula is C22H23F2N5O2. The highest BCUT2D eigenvalue weighted by Crippen LogP contribution is 2.26. The number of nitrogens with zero attached hydrogens (tertiary/aromatic N) is 3. The molecule has 0 aliphatic rings. The molecule has 3 aromatic rings. The number of amides is 2. The molecule has 3 N–H and O–H groups in total. The fraction of sp³-hybridized carbons (Fsp3) is 0.227. The van der Waals surface area contributed by atoms with Crippen molar-refractivity contribution in [2.45, 2.75) is 32.4 Å². The molecule has 1 atom stereocenters. The molecule has 0 bridgehead atoms. The van der Waals surface area contributed by atoms with Gasteiger partial charge in [-0.25, -0.2) is 23.5 Å². The van der Waals surface area contributed by atoms with Crippen LogP contribution in [0.5, 0.6) is 0 Å². The lowest BCUT2D eigenvalue weighted by Gasteiger charge is -2.27. The van der Waals surface area contributed by atoms with Crippen molar-refractivity contribution in [2.75, 3.05) is 15.5 Å². The topological polar surface area (TPSA) is 90.4 Å². The lowest BCUT2D eigenvalue weighted by Crippen LogP contribution is -2.40. The van der Waals surface area contributed by atoms with Crippen LogP contribution in [0.1, 0.15) is 20.8 Å². The smallest absolute Gasteiger partial charge is 0.332 e. The van der Waals surface area contributed by atoms with Gasteiger partial charge in [0.05, 0.1) is 23.0 Å². The zero-order valence-electron chi connectivity index (χ0n) is 17.3. The molecule has 0 fully saturated rings. The minimum Gasteiger partial charge on any atom is -0.388 e. The van der Waals surface area contributed by atoms with E-state index in [-0.39, 0.29) is 23.5 Å². The molecule has 0 aliphatic heterocycles. The Morgan fingerprint density at radius 1 is 1.10 bits per heavy atom. The second kappa shape index (κ2) is 9.05. The predicted octanol–water partition coefficient (Wildman–Crippen LogP) is 4.70. The lowest BCUT2D eigenvalue weighted by atomic mass is 10.0. The number of urea groups is 1. The van der Waals surface area contributed by atoms with Gasteiger partial charge >= 0.3 is 6.03 Å². The first kappa shape index (κ1) is 22.1. The van der Waals surface area contributed by atoms with E-state index in [1.165, 1.54) is 29.3 Å². The number of carbonyl (C=O) groups is 1. The summed E-state index contributed by atoms with van der Waals surface area (Å²) in [4.78, 5) is 22.8. The number of aromatic nitrogens is 2.